The lowest BCUT2D eigenvalue weighted by Crippen LogP contribution is -2.48. The molecule has 6 nitrogen and oxygen atoms in total. The fourth-order valence-corrected chi connectivity index (χ4v) is 2.43. The minimum Gasteiger partial charge on any atom is -0.438 e. The Hall–Kier alpha value is -2.37. The Balaban J connectivity index is 1.62. The number of piperidine rings is 1. The summed E-state index contributed by atoms with van der Waals surface area (Å²) in [7, 11) is 0. The molecule has 3 rings (SSSR count). The first-order valence-corrected chi connectivity index (χ1v) is 6.68. The number of nitrogens with one attached hydrogen (secondary N) is 1. The highest BCUT2D eigenvalue weighted by Crippen LogP contribution is 2.17. The quantitative estimate of drug-likeness (QED) is 0.916. The van der Waals surface area contributed by atoms with Crippen LogP contribution in [0.15, 0.2) is 41.4 Å². The Bertz CT molecular complexity index is 556. The molecule has 6 heteroatoms. The van der Waals surface area contributed by atoms with E-state index in [9.17, 15) is 4.79 Å². The van der Waals surface area contributed by atoms with Crippen LogP contribution >= 0.6 is 0 Å². The van der Waals surface area contributed by atoms with Crippen molar-refractivity contribution >= 4 is 11.7 Å². The molecule has 2 aromatic heterocycles. The Kier molecular flexibility index (Phi) is 3.62. The molecule has 1 aliphatic rings. The van der Waals surface area contributed by atoms with Crippen molar-refractivity contribution in [3.8, 4) is 0 Å². The molecular weight excluding hydrogens is 256 g/mol. The summed E-state index contributed by atoms with van der Waals surface area (Å²) in [6.45, 7) is 1.72. The molecule has 1 atom stereocenters. The monoisotopic (exact) mass is 272 g/mol. The lowest BCUT2D eigenvalue weighted by atomic mass is 10.1. The number of hydrogen-bond acceptors (Lipinski definition) is 5. The van der Waals surface area contributed by atoms with Gasteiger partial charge in [0.1, 0.15) is 5.82 Å². The van der Waals surface area contributed by atoms with Crippen LogP contribution in [0, 0.1) is 0 Å². The van der Waals surface area contributed by atoms with Gasteiger partial charge >= 0.3 is 0 Å². The van der Waals surface area contributed by atoms with Crippen LogP contribution in [-0.4, -0.2) is 35.0 Å². The maximum Gasteiger partial charge on any atom is 0.288 e. The molecule has 1 N–H and O–H groups in total. The molecule has 0 spiro atoms. The average Bonchev–Trinajstić information content (AvgIpc) is 3.03. The Labute approximate surface area is 116 Å². The van der Waals surface area contributed by atoms with Crippen LogP contribution in [0.3, 0.4) is 0 Å². The van der Waals surface area contributed by atoms with Crippen LogP contribution in [0.5, 0.6) is 0 Å². The van der Waals surface area contributed by atoms with E-state index < -0.39 is 0 Å². The van der Waals surface area contributed by atoms with Crippen molar-refractivity contribution in [2.24, 2.45) is 0 Å². The smallest absolute Gasteiger partial charge is 0.288 e. The number of oxazole rings is 1. The summed E-state index contributed by atoms with van der Waals surface area (Å²) < 4.78 is 5.00. The molecule has 1 aliphatic heterocycles. The number of aromatic nitrogens is 2. The van der Waals surface area contributed by atoms with Crippen molar-refractivity contribution < 1.29 is 9.21 Å². The molecule has 0 aliphatic carbocycles. The maximum absolute atomic E-state index is 11.9. The van der Waals surface area contributed by atoms with Gasteiger partial charge in [-0.05, 0) is 25.0 Å². The van der Waals surface area contributed by atoms with Gasteiger partial charge in [0.05, 0.1) is 6.20 Å². The van der Waals surface area contributed by atoms with Crippen molar-refractivity contribution in [1.29, 1.82) is 0 Å². The van der Waals surface area contributed by atoms with E-state index in [1.807, 2.05) is 18.2 Å². The third-order valence-corrected chi connectivity index (χ3v) is 3.39. The summed E-state index contributed by atoms with van der Waals surface area (Å²) in [4.78, 5) is 22.2. The number of hydrogen-bond donors (Lipinski definition) is 1. The van der Waals surface area contributed by atoms with E-state index in [2.05, 4.69) is 20.2 Å². The van der Waals surface area contributed by atoms with Crippen molar-refractivity contribution in [2.75, 3.05) is 18.0 Å². The third kappa shape index (κ3) is 2.79. The van der Waals surface area contributed by atoms with Crippen LogP contribution in [0.1, 0.15) is 23.4 Å². The first-order chi connectivity index (χ1) is 9.83. The zero-order valence-electron chi connectivity index (χ0n) is 11.0. The molecule has 0 aromatic carbocycles. The minimum atomic E-state index is -0.213. The molecule has 3 heterocycles. The predicted molar refractivity (Wildman–Crippen MR) is 73.4 cm³/mol. The van der Waals surface area contributed by atoms with E-state index in [-0.39, 0.29) is 17.7 Å². The van der Waals surface area contributed by atoms with Gasteiger partial charge in [-0.1, -0.05) is 6.07 Å². The second-order valence-electron chi connectivity index (χ2n) is 4.81. The Morgan fingerprint density at radius 1 is 1.45 bits per heavy atom. The first kappa shape index (κ1) is 12.7. The van der Waals surface area contributed by atoms with Crippen molar-refractivity contribution in [3.05, 3.63) is 42.7 Å². The maximum atomic E-state index is 11.9. The van der Waals surface area contributed by atoms with E-state index in [1.165, 1.54) is 12.6 Å². The van der Waals surface area contributed by atoms with Crippen molar-refractivity contribution in [1.82, 2.24) is 15.3 Å². The number of rotatable bonds is 3. The van der Waals surface area contributed by atoms with E-state index in [0.29, 0.717) is 0 Å². The topological polar surface area (TPSA) is 71.3 Å². The van der Waals surface area contributed by atoms with E-state index >= 15 is 0 Å². The largest absolute Gasteiger partial charge is 0.438 e. The molecule has 1 amide bonds. The number of pyridine rings is 1. The van der Waals surface area contributed by atoms with Gasteiger partial charge in [0.2, 0.25) is 5.76 Å². The zero-order chi connectivity index (χ0) is 13.8. The minimum absolute atomic E-state index is 0.100. The molecule has 104 valence electrons. The molecule has 1 fully saturated rings. The summed E-state index contributed by atoms with van der Waals surface area (Å²) in [5, 5.41) is 2.98. The first-order valence-electron chi connectivity index (χ1n) is 6.68. The van der Waals surface area contributed by atoms with Gasteiger partial charge < -0.3 is 14.6 Å². The highest BCUT2D eigenvalue weighted by molar-refractivity contribution is 5.91. The Morgan fingerprint density at radius 2 is 2.40 bits per heavy atom. The fraction of sp³-hybridized carbons (Fsp3) is 0.357. The number of nitrogens with zero attached hydrogens (tertiary/aromatic N) is 3. The summed E-state index contributed by atoms with van der Waals surface area (Å²) in [6, 6.07) is 5.96. The molecule has 1 saturated heterocycles. The van der Waals surface area contributed by atoms with Gasteiger partial charge in [0.15, 0.2) is 6.39 Å². The van der Waals surface area contributed by atoms with Crippen molar-refractivity contribution in [2.45, 2.75) is 18.9 Å². The number of anilines is 1. The van der Waals surface area contributed by atoms with Gasteiger partial charge in [-0.2, -0.15) is 0 Å². The molecule has 2 aromatic rings. The predicted octanol–water partition coefficient (Wildman–Crippen LogP) is 1.47. The van der Waals surface area contributed by atoms with Crippen LogP contribution in [0.4, 0.5) is 5.82 Å². The highest BCUT2D eigenvalue weighted by Gasteiger charge is 2.23. The summed E-state index contributed by atoms with van der Waals surface area (Å²) in [5.74, 6) is 0.987. The van der Waals surface area contributed by atoms with Crippen LogP contribution in [0.2, 0.25) is 0 Å². The molecule has 0 bridgehead atoms. The fourth-order valence-electron chi connectivity index (χ4n) is 2.43. The zero-order valence-corrected chi connectivity index (χ0v) is 11.0. The van der Waals surface area contributed by atoms with Gasteiger partial charge in [-0.25, -0.2) is 9.97 Å². The summed E-state index contributed by atoms with van der Waals surface area (Å²) in [6.07, 6.45) is 6.46. The standard InChI is InChI=1S/C14H16N4O2/c19-14(12-8-15-10-20-12)17-11-4-3-7-18(9-11)13-5-1-2-6-16-13/h1-2,5-6,8,10-11H,3-4,7,9H2,(H,17,19)/t11-/m1/s1. The Morgan fingerprint density at radius 3 is 3.15 bits per heavy atom. The lowest BCUT2D eigenvalue weighted by molar-refractivity contribution is 0.0905. The van der Waals surface area contributed by atoms with Crippen molar-refractivity contribution in [3.63, 3.8) is 0 Å². The van der Waals surface area contributed by atoms with E-state index in [4.69, 9.17) is 4.42 Å². The molecule has 0 saturated carbocycles. The second-order valence-corrected chi connectivity index (χ2v) is 4.81. The van der Waals surface area contributed by atoms with Gasteiger partial charge in [0.25, 0.3) is 5.91 Å². The van der Waals surface area contributed by atoms with E-state index in [0.717, 1.165) is 31.7 Å². The van der Waals surface area contributed by atoms with Gasteiger partial charge in [-0.15, -0.1) is 0 Å². The summed E-state index contributed by atoms with van der Waals surface area (Å²) in [5.41, 5.74) is 0. The second kappa shape index (κ2) is 5.73. The van der Waals surface area contributed by atoms with Crippen LogP contribution in [0.25, 0.3) is 0 Å². The van der Waals surface area contributed by atoms with Gasteiger partial charge in [-0.3, -0.25) is 4.79 Å². The van der Waals surface area contributed by atoms with Crippen LogP contribution in [-0.2, 0) is 0 Å². The molecule has 0 unspecified atom stereocenters. The summed E-state index contributed by atoms with van der Waals surface area (Å²) >= 11 is 0. The highest BCUT2D eigenvalue weighted by atomic mass is 16.3. The van der Waals surface area contributed by atoms with Gasteiger partial charge in [0, 0.05) is 25.3 Å². The normalized spacial score (nSPS) is 18.8. The molecular formula is C14H16N4O2. The molecule has 20 heavy (non-hydrogen) atoms. The average molecular weight is 272 g/mol. The van der Waals surface area contributed by atoms with Crippen LogP contribution < -0.4 is 10.2 Å². The number of amides is 1. The van der Waals surface area contributed by atoms with E-state index in [1.54, 1.807) is 6.20 Å². The molecule has 0 radical (unpaired) electrons. The number of carbonyl (C=O) groups is 1. The third-order valence-electron chi connectivity index (χ3n) is 3.39. The lowest BCUT2D eigenvalue weighted by Gasteiger charge is -2.33. The number of carbonyl (C=O) groups excluding carboxylic acids is 1. The SMILES string of the molecule is O=C(N[C@@H]1CCCN(c2ccccn2)C1)c1cnco1.